The van der Waals surface area contributed by atoms with E-state index >= 15 is 0 Å². The number of hydrogen-bond donors (Lipinski definition) is 1. The van der Waals surface area contributed by atoms with Crippen molar-refractivity contribution in [2.45, 2.75) is 33.2 Å². The average Bonchev–Trinajstić information content (AvgIpc) is 2.76. The number of carboxylic acids is 1. The Morgan fingerprint density at radius 1 is 1.38 bits per heavy atom. The molecule has 3 heterocycles. The average molecular weight is 287 g/mol. The number of aromatic nitrogens is 2. The van der Waals surface area contributed by atoms with E-state index in [1.54, 1.807) is 0 Å². The maximum atomic E-state index is 10.9. The standard InChI is InChI=1S/C16H21N3O2/c1-11-3-4-15-17-12(2)14(19(15)9-11)10-18-7-5-13(6-8-18)16(20)21/h3-4,9,13H,5-8,10H2,1-2H3,(H,20,21). The largest absolute Gasteiger partial charge is 0.550 e. The van der Waals surface area contributed by atoms with Crippen LogP contribution >= 0.6 is 0 Å². The Morgan fingerprint density at radius 2 is 2.10 bits per heavy atom. The van der Waals surface area contributed by atoms with Gasteiger partial charge in [0.15, 0.2) is 0 Å². The number of aliphatic carboxylic acids is 1. The van der Waals surface area contributed by atoms with Crippen molar-refractivity contribution in [1.82, 2.24) is 9.38 Å². The number of imidazole rings is 1. The van der Waals surface area contributed by atoms with Crippen molar-refractivity contribution in [2.24, 2.45) is 5.92 Å². The molecule has 2 aromatic heterocycles. The number of rotatable bonds is 3. The van der Waals surface area contributed by atoms with Crippen molar-refractivity contribution >= 4 is 11.6 Å². The van der Waals surface area contributed by atoms with Gasteiger partial charge >= 0.3 is 0 Å². The third-order valence-electron chi connectivity index (χ3n) is 4.51. The fourth-order valence-corrected chi connectivity index (χ4v) is 3.21. The van der Waals surface area contributed by atoms with Gasteiger partial charge in [-0.05, 0) is 25.5 Å². The number of pyridine rings is 1. The second-order valence-corrected chi connectivity index (χ2v) is 6.10. The summed E-state index contributed by atoms with van der Waals surface area (Å²) in [6, 6.07) is 4.12. The number of aryl methyl sites for hydroxylation is 2. The van der Waals surface area contributed by atoms with Gasteiger partial charge in [-0.25, -0.2) is 4.98 Å². The molecule has 1 aliphatic heterocycles. The minimum atomic E-state index is -0.893. The number of hydrogen-bond acceptors (Lipinski definition) is 3. The summed E-state index contributed by atoms with van der Waals surface area (Å²) < 4.78 is 2.17. The van der Waals surface area contributed by atoms with Gasteiger partial charge in [-0.15, -0.1) is 0 Å². The summed E-state index contributed by atoms with van der Waals surface area (Å²) in [5, 5.41) is 10.9. The maximum Gasteiger partial charge on any atom is 0.137 e. The predicted octanol–water partition coefficient (Wildman–Crippen LogP) is -0.504. The van der Waals surface area contributed by atoms with Crippen LogP contribution in [-0.4, -0.2) is 28.4 Å². The van der Waals surface area contributed by atoms with Gasteiger partial charge in [-0.2, -0.15) is 0 Å². The van der Waals surface area contributed by atoms with Crippen molar-refractivity contribution in [2.75, 3.05) is 13.1 Å². The number of likely N-dealkylation sites (tertiary alicyclic amines) is 1. The van der Waals surface area contributed by atoms with E-state index in [2.05, 4.69) is 28.6 Å². The molecule has 0 unspecified atom stereocenters. The SMILES string of the molecule is Cc1ccc2nc(C)c(C[NH+]3CCC(C(=O)[O-])CC3)n2c1. The minimum absolute atomic E-state index is 0.265. The fourth-order valence-electron chi connectivity index (χ4n) is 3.21. The molecule has 0 saturated carbocycles. The molecule has 1 aliphatic rings. The number of carboxylic acid groups (broad SMARTS) is 1. The molecule has 0 atom stereocenters. The molecule has 0 radical (unpaired) electrons. The summed E-state index contributed by atoms with van der Waals surface area (Å²) in [6.45, 7) is 6.80. The normalized spacial score (nSPS) is 22.6. The lowest BCUT2D eigenvalue weighted by Crippen LogP contribution is -3.12. The first-order chi connectivity index (χ1) is 10.0. The van der Waals surface area contributed by atoms with Crippen LogP contribution in [0, 0.1) is 19.8 Å². The maximum absolute atomic E-state index is 10.9. The topological polar surface area (TPSA) is 61.9 Å². The predicted molar refractivity (Wildman–Crippen MR) is 76.8 cm³/mol. The second kappa shape index (κ2) is 5.48. The van der Waals surface area contributed by atoms with E-state index in [-0.39, 0.29) is 5.92 Å². The minimum Gasteiger partial charge on any atom is -0.550 e. The summed E-state index contributed by atoms with van der Waals surface area (Å²) >= 11 is 0. The van der Waals surface area contributed by atoms with E-state index in [9.17, 15) is 9.90 Å². The summed E-state index contributed by atoms with van der Waals surface area (Å²) in [7, 11) is 0. The Hall–Kier alpha value is -1.88. The molecule has 21 heavy (non-hydrogen) atoms. The molecule has 1 saturated heterocycles. The zero-order chi connectivity index (χ0) is 15.0. The van der Waals surface area contributed by atoms with Crippen LogP contribution in [0.4, 0.5) is 0 Å². The summed E-state index contributed by atoms with van der Waals surface area (Å²) in [4.78, 5) is 16.9. The molecular formula is C16H21N3O2. The lowest BCUT2D eigenvalue weighted by atomic mass is 9.97. The van der Waals surface area contributed by atoms with Crippen molar-refractivity contribution in [3.8, 4) is 0 Å². The zero-order valence-corrected chi connectivity index (χ0v) is 12.6. The van der Waals surface area contributed by atoms with E-state index in [0.29, 0.717) is 12.8 Å². The van der Waals surface area contributed by atoms with Gasteiger partial charge in [-0.1, -0.05) is 6.07 Å². The third-order valence-corrected chi connectivity index (χ3v) is 4.51. The van der Waals surface area contributed by atoms with Crippen molar-refractivity contribution in [3.05, 3.63) is 35.3 Å². The van der Waals surface area contributed by atoms with Gasteiger partial charge in [0.05, 0.1) is 24.5 Å². The van der Waals surface area contributed by atoms with Crippen LogP contribution in [-0.2, 0) is 11.3 Å². The van der Waals surface area contributed by atoms with Crippen LogP contribution < -0.4 is 10.0 Å². The first-order valence-electron chi connectivity index (χ1n) is 7.53. The van der Waals surface area contributed by atoms with Crippen LogP contribution in [0.2, 0.25) is 0 Å². The smallest absolute Gasteiger partial charge is 0.137 e. The van der Waals surface area contributed by atoms with E-state index in [1.165, 1.54) is 16.2 Å². The summed E-state index contributed by atoms with van der Waals surface area (Å²) in [5.74, 6) is -1.16. The molecule has 0 bridgehead atoms. The molecular weight excluding hydrogens is 266 g/mol. The highest BCUT2D eigenvalue weighted by Crippen LogP contribution is 2.13. The molecule has 3 rings (SSSR count). The molecule has 2 aromatic rings. The Kier molecular flexibility index (Phi) is 3.68. The second-order valence-electron chi connectivity index (χ2n) is 6.10. The molecule has 1 N–H and O–H groups in total. The van der Waals surface area contributed by atoms with Crippen LogP contribution in [0.1, 0.15) is 29.8 Å². The van der Waals surface area contributed by atoms with Crippen LogP contribution in [0.3, 0.4) is 0 Å². The van der Waals surface area contributed by atoms with Crippen LogP contribution in [0.5, 0.6) is 0 Å². The van der Waals surface area contributed by atoms with Crippen LogP contribution in [0.25, 0.3) is 5.65 Å². The monoisotopic (exact) mass is 287 g/mol. The van der Waals surface area contributed by atoms with E-state index in [4.69, 9.17) is 0 Å². The van der Waals surface area contributed by atoms with E-state index in [1.807, 2.05) is 13.0 Å². The Balaban J connectivity index is 1.78. The molecule has 0 aromatic carbocycles. The lowest BCUT2D eigenvalue weighted by Gasteiger charge is -2.29. The van der Waals surface area contributed by atoms with Gasteiger partial charge in [0, 0.05) is 30.9 Å². The Bertz CT molecular complexity index is 669. The first-order valence-corrected chi connectivity index (χ1v) is 7.53. The quantitative estimate of drug-likeness (QED) is 0.827. The van der Waals surface area contributed by atoms with Gasteiger partial charge in [-0.3, -0.25) is 4.40 Å². The number of carbonyl (C=O) groups excluding carboxylic acids is 1. The number of quaternary nitrogens is 1. The van der Waals surface area contributed by atoms with E-state index in [0.717, 1.165) is 31.0 Å². The molecule has 0 aliphatic carbocycles. The summed E-state index contributed by atoms with van der Waals surface area (Å²) in [6.07, 6.45) is 3.55. The number of piperidine rings is 1. The Morgan fingerprint density at radius 3 is 2.76 bits per heavy atom. The summed E-state index contributed by atoms with van der Waals surface area (Å²) in [5.41, 5.74) is 4.50. The first kappa shape index (κ1) is 14.1. The molecule has 5 nitrogen and oxygen atoms in total. The number of nitrogens with one attached hydrogen (secondary N) is 1. The van der Waals surface area contributed by atoms with Gasteiger partial charge in [0.1, 0.15) is 12.2 Å². The van der Waals surface area contributed by atoms with Crippen molar-refractivity contribution in [3.63, 3.8) is 0 Å². The van der Waals surface area contributed by atoms with Crippen LogP contribution in [0.15, 0.2) is 18.3 Å². The Labute approximate surface area is 124 Å². The number of carbonyl (C=O) groups is 1. The molecule has 0 amide bonds. The molecule has 0 spiro atoms. The highest BCUT2D eigenvalue weighted by Gasteiger charge is 2.24. The van der Waals surface area contributed by atoms with Gasteiger partial charge in [0.2, 0.25) is 0 Å². The van der Waals surface area contributed by atoms with E-state index < -0.39 is 5.97 Å². The fraction of sp³-hybridized carbons (Fsp3) is 0.500. The number of fused-ring (bicyclic) bond motifs is 1. The third kappa shape index (κ3) is 2.78. The molecule has 5 heteroatoms. The van der Waals surface area contributed by atoms with Crippen molar-refractivity contribution in [1.29, 1.82) is 0 Å². The lowest BCUT2D eigenvalue weighted by molar-refractivity contribution is -0.919. The van der Waals surface area contributed by atoms with Gasteiger partial charge in [0.25, 0.3) is 0 Å². The highest BCUT2D eigenvalue weighted by atomic mass is 16.4. The van der Waals surface area contributed by atoms with Gasteiger partial charge < -0.3 is 14.8 Å². The van der Waals surface area contributed by atoms with Crippen molar-refractivity contribution < 1.29 is 14.8 Å². The highest BCUT2D eigenvalue weighted by molar-refractivity contribution is 5.67. The molecule has 1 fully saturated rings. The number of nitrogens with zero attached hydrogens (tertiary/aromatic N) is 2. The zero-order valence-electron chi connectivity index (χ0n) is 12.6. The molecule has 112 valence electrons.